The molecule has 0 unspecified atom stereocenters. The van der Waals surface area contributed by atoms with Gasteiger partial charge in [-0.2, -0.15) is 0 Å². The second-order valence-corrected chi connectivity index (χ2v) is 6.34. The van der Waals surface area contributed by atoms with Gasteiger partial charge in [-0.3, -0.25) is 4.90 Å². The van der Waals surface area contributed by atoms with Crippen LogP contribution in [0.15, 0.2) is 35.5 Å². The fourth-order valence-electron chi connectivity index (χ4n) is 2.93. The van der Waals surface area contributed by atoms with Crippen LogP contribution in [0.25, 0.3) is 0 Å². The van der Waals surface area contributed by atoms with Crippen molar-refractivity contribution in [3.05, 3.63) is 46.7 Å². The van der Waals surface area contributed by atoms with Crippen molar-refractivity contribution in [2.75, 3.05) is 27.4 Å². The lowest BCUT2D eigenvalue weighted by molar-refractivity contribution is -0.136. The molecule has 1 aromatic rings. The molecule has 1 atom stereocenters. The fourth-order valence-corrected chi connectivity index (χ4v) is 2.93. The SMILES string of the molecule is COCCN1C(=O)N[C@H](c2ccc(C(C)C)cc2)C(C(=O)OC)=C1C. The van der Waals surface area contributed by atoms with Crippen LogP contribution < -0.4 is 5.32 Å². The first-order valence-corrected chi connectivity index (χ1v) is 8.36. The van der Waals surface area contributed by atoms with Crippen molar-refractivity contribution in [2.45, 2.75) is 32.7 Å². The van der Waals surface area contributed by atoms with E-state index < -0.39 is 12.0 Å². The van der Waals surface area contributed by atoms with Gasteiger partial charge in [0, 0.05) is 12.8 Å². The third kappa shape index (κ3) is 4.02. The van der Waals surface area contributed by atoms with E-state index in [1.807, 2.05) is 24.3 Å². The molecule has 0 saturated carbocycles. The average molecular weight is 346 g/mol. The number of allylic oxidation sites excluding steroid dienone is 1. The maximum absolute atomic E-state index is 12.5. The number of benzene rings is 1. The van der Waals surface area contributed by atoms with Crippen LogP contribution in [0.4, 0.5) is 4.79 Å². The zero-order chi connectivity index (χ0) is 18.6. The van der Waals surface area contributed by atoms with Crippen molar-refractivity contribution in [1.82, 2.24) is 10.2 Å². The number of nitrogens with zero attached hydrogens (tertiary/aromatic N) is 1. The smallest absolute Gasteiger partial charge is 0.337 e. The molecule has 0 aromatic heterocycles. The lowest BCUT2D eigenvalue weighted by Gasteiger charge is -2.35. The Hall–Kier alpha value is -2.34. The molecule has 0 saturated heterocycles. The predicted octanol–water partition coefficient (Wildman–Crippen LogP) is 2.97. The van der Waals surface area contributed by atoms with Crippen LogP contribution in [0.2, 0.25) is 0 Å². The molecular formula is C19H26N2O4. The van der Waals surface area contributed by atoms with Crippen LogP contribution in [0, 0.1) is 0 Å². The lowest BCUT2D eigenvalue weighted by Crippen LogP contribution is -2.48. The molecule has 0 fully saturated rings. The van der Waals surface area contributed by atoms with Crippen molar-refractivity contribution in [2.24, 2.45) is 0 Å². The van der Waals surface area contributed by atoms with Crippen molar-refractivity contribution < 1.29 is 19.1 Å². The monoisotopic (exact) mass is 346 g/mol. The molecule has 1 aliphatic heterocycles. The molecule has 0 spiro atoms. The number of methoxy groups -OCH3 is 2. The first-order valence-electron chi connectivity index (χ1n) is 8.36. The van der Waals surface area contributed by atoms with Gasteiger partial charge in [0.25, 0.3) is 0 Å². The number of hydrogen-bond acceptors (Lipinski definition) is 4. The topological polar surface area (TPSA) is 67.9 Å². The van der Waals surface area contributed by atoms with Gasteiger partial charge in [0.2, 0.25) is 0 Å². The van der Waals surface area contributed by atoms with Crippen molar-refractivity contribution in [3.63, 3.8) is 0 Å². The Labute approximate surface area is 148 Å². The minimum atomic E-state index is -0.528. The van der Waals surface area contributed by atoms with Gasteiger partial charge < -0.3 is 14.8 Å². The maximum atomic E-state index is 12.5. The molecular weight excluding hydrogens is 320 g/mol. The number of esters is 1. The van der Waals surface area contributed by atoms with Gasteiger partial charge in [0.15, 0.2) is 0 Å². The summed E-state index contributed by atoms with van der Waals surface area (Å²) in [5.74, 6) is -0.0326. The fraction of sp³-hybridized carbons (Fsp3) is 0.474. The summed E-state index contributed by atoms with van der Waals surface area (Å²) in [7, 11) is 2.92. The number of carbonyl (C=O) groups excluding carboxylic acids is 2. The molecule has 0 bridgehead atoms. The van der Waals surface area contributed by atoms with E-state index in [1.54, 1.807) is 14.0 Å². The largest absolute Gasteiger partial charge is 0.466 e. The molecule has 0 aliphatic carbocycles. The van der Waals surface area contributed by atoms with Crippen LogP contribution in [0.3, 0.4) is 0 Å². The molecule has 0 radical (unpaired) electrons. The molecule has 1 aliphatic rings. The molecule has 136 valence electrons. The zero-order valence-corrected chi connectivity index (χ0v) is 15.5. The van der Waals surface area contributed by atoms with Crippen LogP contribution in [0.5, 0.6) is 0 Å². The van der Waals surface area contributed by atoms with Gasteiger partial charge in [-0.15, -0.1) is 0 Å². The molecule has 1 heterocycles. The summed E-state index contributed by atoms with van der Waals surface area (Å²) >= 11 is 0. The number of urea groups is 1. The third-order valence-electron chi connectivity index (χ3n) is 4.46. The Kier molecular flexibility index (Phi) is 6.20. The van der Waals surface area contributed by atoms with E-state index in [-0.39, 0.29) is 6.03 Å². The van der Waals surface area contributed by atoms with Gasteiger partial charge in [0.05, 0.1) is 31.9 Å². The summed E-state index contributed by atoms with van der Waals surface area (Å²) in [5, 5.41) is 2.91. The Bertz CT molecular complexity index is 665. The highest BCUT2D eigenvalue weighted by Crippen LogP contribution is 2.31. The van der Waals surface area contributed by atoms with Crippen LogP contribution in [-0.2, 0) is 14.3 Å². The van der Waals surface area contributed by atoms with E-state index in [0.717, 1.165) is 5.56 Å². The number of amides is 2. The highest BCUT2D eigenvalue weighted by atomic mass is 16.5. The Morgan fingerprint density at radius 2 is 1.88 bits per heavy atom. The summed E-state index contributed by atoms with van der Waals surface area (Å²) < 4.78 is 10.0. The normalized spacial score (nSPS) is 17.8. The van der Waals surface area contributed by atoms with Crippen LogP contribution in [-0.4, -0.2) is 44.3 Å². The second-order valence-electron chi connectivity index (χ2n) is 6.34. The van der Waals surface area contributed by atoms with E-state index in [1.165, 1.54) is 17.6 Å². The number of ether oxygens (including phenoxy) is 2. The number of hydrogen-bond donors (Lipinski definition) is 1. The summed E-state index contributed by atoms with van der Waals surface area (Å²) in [6.07, 6.45) is 0. The van der Waals surface area contributed by atoms with Crippen molar-refractivity contribution in [1.29, 1.82) is 0 Å². The van der Waals surface area contributed by atoms with E-state index in [0.29, 0.717) is 30.3 Å². The second kappa shape index (κ2) is 8.16. The average Bonchev–Trinajstić information content (AvgIpc) is 2.60. The minimum absolute atomic E-state index is 0.250. The standard InChI is InChI=1S/C19H26N2O4/c1-12(2)14-6-8-15(9-7-14)17-16(18(22)25-5)13(3)21(10-11-24-4)19(23)20-17/h6-9,12,17H,10-11H2,1-5H3,(H,20,23)/t17-/m1/s1. The molecule has 2 amide bonds. The summed E-state index contributed by atoms with van der Waals surface area (Å²) in [5.41, 5.74) is 3.08. The number of carbonyl (C=O) groups is 2. The van der Waals surface area contributed by atoms with Crippen LogP contribution >= 0.6 is 0 Å². The van der Waals surface area contributed by atoms with E-state index in [9.17, 15) is 9.59 Å². The number of rotatable bonds is 6. The van der Waals surface area contributed by atoms with Crippen LogP contribution in [0.1, 0.15) is 43.9 Å². The van der Waals surface area contributed by atoms with E-state index in [2.05, 4.69) is 19.2 Å². The molecule has 25 heavy (non-hydrogen) atoms. The highest BCUT2D eigenvalue weighted by molar-refractivity contribution is 5.95. The van der Waals surface area contributed by atoms with Gasteiger partial charge in [-0.25, -0.2) is 9.59 Å². The Morgan fingerprint density at radius 1 is 1.24 bits per heavy atom. The molecule has 1 aromatic carbocycles. The number of nitrogens with one attached hydrogen (secondary N) is 1. The Balaban J connectivity index is 2.43. The molecule has 6 heteroatoms. The lowest BCUT2D eigenvalue weighted by atomic mass is 9.92. The molecule has 6 nitrogen and oxygen atoms in total. The first-order chi connectivity index (χ1) is 11.9. The quantitative estimate of drug-likeness (QED) is 0.804. The van der Waals surface area contributed by atoms with Gasteiger partial charge >= 0.3 is 12.0 Å². The van der Waals surface area contributed by atoms with Gasteiger partial charge in [-0.05, 0) is 24.0 Å². The first kappa shape index (κ1) is 19.0. The maximum Gasteiger partial charge on any atom is 0.337 e. The molecule has 1 N–H and O–H groups in total. The summed E-state index contributed by atoms with van der Waals surface area (Å²) in [4.78, 5) is 26.4. The summed E-state index contributed by atoms with van der Waals surface area (Å²) in [6.45, 7) is 6.75. The summed E-state index contributed by atoms with van der Waals surface area (Å²) in [6, 6.07) is 7.16. The van der Waals surface area contributed by atoms with Crippen molar-refractivity contribution in [3.8, 4) is 0 Å². The van der Waals surface area contributed by atoms with Gasteiger partial charge in [-0.1, -0.05) is 38.1 Å². The molecule has 2 rings (SSSR count). The van der Waals surface area contributed by atoms with Gasteiger partial charge in [0.1, 0.15) is 0 Å². The predicted molar refractivity (Wildman–Crippen MR) is 95.1 cm³/mol. The highest BCUT2D eigenvalue weighted by Gasteiger charge is 2.36. The Morgan fingerprint density at radius 3 is 2.40 bits per heavy atom. The van der Waals surface area contributed by atoms with E-state index >= 15 is 0 Å². The minimum Gasteiger partial charge on any atom is -0.466 e. The van der Waals surface area contributed by atoms with E-state index in [4.69, 9.17) is 9.47 Å². The third-order valence-corrected chi connectivity index (χ3v) is 4.46. The zero-order valence-electron chi connectivity index (χ0n) is 15.5. The van der Waals surface area contributed by atoms with Crippen molar-refractivity contribution >= 4 is 12.0 Å².